The maximum atomic E-state index is 13.3. The monoisotopic (exact) mass is 456 g/mol. The molecule has 10 nitrogen and oxygen atoms in total. The van der Waals surface area contributed by atoms with Crippen LogP contribution in [0.1, 0.15) is 64.4 Å². The lowest BCUT2D eigenvalue weighted by molar-refractivity contribution is -0.122. The molecule has 0 fully saturated rings. The second kappa shape index (κ2) is 9.60. The molecule has 2 amide bonds. The highest BCUT2D eigenvalue weighted by molar-refractivity contribution is 5.98. The number of benzene rings is 1. The highest BCUT2D eigenvalue weighted by Crippen LogP contribution is 2.16. The smallest absolute Gasteiger partial charge is 0.352 e. The van der Waals surface area contributed by atoms with Gasteiger partial charge in [-0.2, -0.15) is 0 Å². The van der Waals surface area contributed by atoms with Crippen LogP contribution in [0.5, 0.6) is 0 Å². The van der Waals surface area contributed by atoms with Gasteiger partial charge in [-0.1, -0.05) is 20.8 Å². The van der Waals surface area contributed by atoms with Gasteiger partial charge in [-0.15, -0.1) is 5.10 Å². The number of carbonyl (C=O) groups excluding carboxylic acids is 2. The Labute approximate surface area is 191 Å². The molecule has 3 rings (SSSR count). The normalized spacial score (nSPS) is 12.6. The summed E-state index contributed by atoms with van der Waals surface area (Å²) >= 11 is 0. The number of carbonyl (C=O) groups is 2. The third-order valence-electron chi connectivity index (χ3n) is 5.49. The lowest BCUT2D eigenvalue weighted by Gasteiger charge is -2.13. The zero-order valence-electron chi connectivity index (χ0n) is 20.0. The van der Waals surface area contributed by atoms with Crippen LogP contribution in [-0.2, 0) is 11.3 Å². The van der Waals surface area contributed by atoms with Crippen LogP contribution in [0.2, 0.25) is 0 Å². The molecule has 1 unspecified atom stereocenters. The second-order valence-corrected chi connectivity index (χ2v) is 9.06. The van der Waals surface area contributed by atoms with Crippen molar-refractivity contribution < 1.29 is 9.59 Å². The number of rotatable bonds is 8. The molecule has 0 spiro atoms. The Morgan fingerprint density at radius 3 is 2.39 bits per heavy atom. The van der Waals surface area contributed by atoms with Crippen molar-refractivity contribution in [2.45, 2.75) is 66.6 Å². The Kier molecular flexibility index (Phi) is 7.04. The van der Waals surface area contributed by atoms with E-state index in [1.807, 2.05) is 41.5 Å². The van der Waals surface area contributed by atoms with Gasteiger partial charge >= 0.3 is 5.69 Å². The van der Waals surface area contributed by atoms with Crippen LogP contribution in [0.15, 0.2) is 27.8 Å². The first-order chi connectivity index (χ1) is 15.5. The summed E-state index contributed by atoms with van der Waals surface area (Å²) < 4.78 is 3.77. The number of nitrogens with zero attached hydrogens (tertiary/aromatic N) is 4. The minimum Gasteiger partial charge on any atom is -0.352 e. The van der Waals surface area contributed by atoms with E-state index in [-0.39, 0.29) is 53.2 Å². The van der Waals surface area contributed by atoms with Crippen molar-refractivity contribution >= 4 is 28.5 Å². The van der Waals surface area contributed by atoms with Crippen LogP contribution in [-0.4, -0.2) is 43.1 Å². The van der Waals surface area contributed by atoms with Gasteiger partial charge in [0.1, 0.15) is 6.54 Å². The standard InChI is InChI=1S/C23H32N6O4/c1-7-15(6)25-19(30)12-27-23(33)29-18-10-16(20(31)24-11-13(2)3)8-9-17(18)21(32)28(14(4)5)22(29)26-27/h8-10,13-15H,7,11-12H2,1-6H3,(H,24,31)(H,25,30). The summed E-state index contributed by atoms with van der Waals surface area (Å²) in [6, 6.07) is 4.34. The Morgan fingerprint density at radius 1 is 1.09 bits per heavy atom. The van der Waals surface area contributed by atoms with E-state index in [1.165, 1.54) is 15.0 Å². The van der Waals surface area contributed by atoms with E-state index in [1.54, 1.807) is 12.1 Å². The number of amides is 2. The Bertz CT molecular complexity index is 1310. The van der Waals surface area contributed by atoms with Gasteiger partial charge in [0, 0.05) is 24.2 Å². The summed E-state index contributed by atoms with van der Waals surface area (Å²) in [7, 11) is 0. The van der Waals surface area contributed by atoms with Crippen LogP contribution >= 0.6 is 0 Å². The fourth-order valence-corrected chi connectivity index (χ4v) is 3.55. The molecule has 0 aliphatic rings. The minimum atomic E-state index is -0.552. The maximum absolute atomic E-state index is 13.3. The molecule has 178 valence electrons. The molecule has 2 N–H and O–H groups in total. The number of hydrogen-bond donors (Lipinski definition) is 2. The van der Waals surface area contributed by atoms with E-state index in [4.69, 9.17) is 0 Å². The summed E-state index contributed by atoms with van der Waals surface area (Å²) in [6.45, 7) is 11.7. The molecule has 0 bridgehead atoms. The number of nitrogens with one attached hydrogen (secondary N) is 2. The number of hydrogen-bond acceptors (Lipinski definition) is 5. The molecule has 2 heterocycles. The predicted octanol–water partition coefficient (Wildman–Crippen LogP) is 1.69. The second-order valence-electron chi connectivity index (χ2n) is 9.06. The van der Waals surface area contributed by atoms with Crippen molar-refractivity contribution in [2.24, 2.45) is 5.92 Å². The average molecular weight is 457 g/mol. The van der Waals surface area contributed by atoms with Gasteiger partial charge < -0.3 is 10.6 Å². The van der Waals surface area contributed by atoms with Crippen molar-refractivity contribution in [1.82, 2.24) is 29.4 Å². The summed E-state index contributed by atoms with van der Waals surface area (Å²) in [6.07, 6.45) is 0.755. The Balaban J connectivity index is 2.20. The third-order valence-corrected chi connectivity index (χ3v) is 5.49. The van der Waals surface area contributed by atoms with E-state index in [0.717, 1.165) is 11.1 Å². The van der Waals surface area contributed by atoms with Gasteiger partial charge in [-0.25, -0.2) is 13.9 Å². The van der Waals surface area contributed by atoms with Crippen molar-refractivity contribution in [3.63, 3.8) is 0 Å². The largest absolute Gasteiger partial charge is 0.352 e. The van der Waals surface area contributed by atoms with Gasteiger partial charge in [-0.05, 0) is 51.3 Å². The van der Waals surface area contributed by atoms with Crippen molar-refractivity contribution in [2.75, 3.05) is 6.54 Å². The first kappa shape index (κ1) is 24.2. The molecule has 10 heteroatoms. The topological polar surface area (TPSA) is 120 Å². The summed E-state index contributed by atoms with van der Waals surface area (Å²) in [4.78, 5) is 51.5. The van der Waals surface area contributed by atoms with E-state index >= 15 is 0 Å². The van der Waals surface area contributed by atoms with Crippen LogP contribution in [0, 0.1) is 5.92 Å². The summed E-state index contributed by atoms with van der Waals surface area (Å²) in [5, 5.41) is 10.3. The molecule has 0 aliphatic heterocycles. The third kappa shape index (κ3) is 4.84. The van der Waals surface area contributed by atoms with E-state index in [2.05, 4.69) is 15.7 Å². The molecular weight excluding hydrogens is 424 g/mol. The maximum Gasteiger partial charge on any atom is 0.352 e. The van der Waals surface area contributed by atoms with E-state index in [9.17, 15) is 19.2 Å². The molecule has 0 saturated heterocycles. The summed E-state index contributed by atoms with van der Waals surface area (Å²) in [5.74, 6) is -0.225. The lowest BCUT2D eigenvalue weighted by atomic mass is 10.1. The quantitative estimate of drug-likeness (QED) is 0.535. The Morgan fingerprint density at radius 2 is 1.79 bits per heavy atom. The SMILES string of the molecule is CCC(C)NC(=O)Cn1nc2n(C(C)C)c(=O)c3ccc(C(=O)NCC(C)C)cc3n2c1=O. The predicted molar refractivity (Wildman–Crippen MR) is 127 cm³/mol. The fourth-order valence-electron chi connectivity index (χ4n) is 3.55. The first-order valence-electron chi connectivity index (χ1n) is 11.3. The molecular formula is C23H32N6O4. The molecule has 1 atom stereocenters. The number of fused-ring (bicyclic) bond motifs is 3. The van der Waals surface area contributed by atoms with Gasteiger partial charge in [0.25, 0.3) is 11.5 Å². The average Bonchev–Trinajstić information content (AvgIpc) is 3.06. The van der Waals surface area contributed by atoms with E-state index in [0.29, 0.717) is 17.5 Å². The fraction of sp³-hybridized carbons (Fsp3) is 0.522. The molecule has 3 aromatic rings. The van der Waals surface area contributed by atoms with Crippen LogP contribution < -0.4 is 21.9 Å². The van der Waals surface area contributed by atoms with Gasteiger partial charge in [0.2, 0.25) is 11.7 Å². The van der Waals surface area contributed by atoms with Gasteiger partial charge in [-0.3, -0.25) is 19.0 Å². The summed E-state index contributed by atoms with van der Waals surface area (Å²) in [5.41, 5.74) is -0.255. The minimum absolute atomic E-state index is 0.0354. The van der Waals surface area contributed by atoms with Crippen LogP contribution in [0.3, 0.4) is 0 Å². The van der Waals surface area contributed by atoms with Gasteiger partial charge in [0.05, 0.1) is 10.9 Å². The molecule has 1 aromatic carbocycles. The van der Waals surface area contributed by atoms with Crippen LogP contribution in [0.4, 0.5) is 0 Å². The molecule has 2 aromatic heterocycles. The van der Waals surface area contributed by atoms with Crippen molar-refractivity contribution in [3.8, 4) is 0 Å². The molecule has 33 heavy (non-hydrogen) atoms. The highest BCUT2D eigenvalue weighted by atomic mass is 16.2. The van der Waals surface area contributed by atoms with Crippen molar-refractivity contribution in [3.05, 3.63) is 44.6 Å². The molecule has 0 saturated carbocycles. The highest BCUT2D eigenvalue weighted by Gasteiger charge is 2.21. The van der Waals surface area contributed by atoms with Crippen LogP contribution in [0.25, 0.3) is 16.7 Å². The molecule has 0 radical (unpaired) electrons. The molecule has 0 aliphatic carbocycles. The van der Waals surface area contributed by atoms with E-state index < -0.39 is 5.69 Å². The van der Waals surface area contributed by atoms with Gasteiger partial charge in [0.15, 0.2) is 0 Å². The zero-order valence-corrected chi connectivity index (χ0v) is 20.0. The first-order valence-corrected chi connectivity index (χ1v) is 11.3. The van der Waals surface area contributed by atoms with Crippen molar-refractivity contribution in [1.29, 1.82) is 0 Å². The Hall–Kier alpha value is -3.43. The lowest BCUT2D eigenvalue weighted by Crippen LogP contribution is -2.37. The number of aromatic nitrogens is 4. The zero-order chi connectivity index (χ0) is 24.4.